The molecule has 19 heavy (non-hydrogen) atoms. The Morgan fingerprint density at radius 1 is 1.47 bits per heavy atom. The van der Waals surface area contributed by atoms with Gasteiger partial charge in [-0.2, -0.15) is 0 Å². The Kier molecular flexibility index (Phi) is 3.42. The highest BCUT2D eigenvalue weighted by Gasteiger charge is 2.38. The number of rotatable bonds is 1. The summed E-state index contributed by atoms with van der Waals surface area (Å²) in [5.74, 6) is 0.487. The first kappa shape index (κ1) is 14.4. The van der Waals surface area contributed by atoms with Crippen molar-refractivity contribution >= 4 is 23.1 Å². The monoisotopic (exact) mass is 281 g/mol. The zero-order chi connectivity index (χ0) is 14.4. The summed E-state index contributed by atoms with van der Waals surface area (Å²) in [4.78, 5) is 13.3. The van der Waals surface area contributed by atoms with E-state index < -0.39 is 5.60 Å². The lowest BCUT2D eigenvalue weighted by atomic mass is 9.91. The molecule has 1 atom stereocenters. The van der Waals surface area contributed by atoms with Crippen molar-refractivity contribution in [1.29, 1.82) is 0 Å². The predicted molar refractivity (Wildman–Crippen MR) is 80.2 cm³/mol. The number of anilines is 1. The van der Waals surface area contributed by atoms with Gasteiger partial charge in [0.25, 0.3) is 0 Å². The molecule has 0 bridgehead atoms. The van der Waals surface area contributed by atoms with Gasteiger partial charge in [-0.05, 0) is 44.1 Å². The summed E-state index contributed by atoms with van der Waals surface area (Å²) in [7, 11) is 0. The van der Waals surface area contributed by atoms with Crippen LogP contribution >= 0.6 is 11.3 Å². The third kappa shape index (κ3) is 2.94. The van der Waals surface area contributed by atoms with Crippen molar-refractivity contribution in [2.24, 2.45) is 0 Å². The first-order valence-electron chi connectivity index (χ1n) is 6.72. The lowest BCUT2D eigenvalue weighted by Crippen LogP contribution is -2.27. The second-order valence-electron chi connectivity index (χ2n) is 7.01. The average Bonchev–Trinajstić information content (AvgIpc) is 2.66. The average molecular weight is 281 g/mol. The maximum absolute atomic E-state index is 11.9. The largest absolute Gasteiger partial charge is 0.444 e. The van der Waals surface area contributed by atoms with Crippen molar-refractivity contribution in [3.05, 3.63) is 15.8 Å². The molecule has 106 valence electrons. The molecule has 0 spiro atoms. The lowest BCUT2D eigenvalue weighted by molar-refractivity contribution is 0.0636. The van der Waals surface area contributed by atoms with Gasteiger partial charge in [-0.25, -0.2) is 4.79 Å². The van der Waals surface area contributed by atoms with Crippen LogP contribution in [0.5, 0.6) is 0 Å². The van der Waals surface area contributed by atoms with Crippen LogP contribution in [0.25, 0.3) is 0 Å². The van der Waals surface area contributed by atoms with Crippen molar-refractivity contribution in [3.63, 3.8) is 0 Å². The first-order valence-corrected chi connectivity index (χ1v) is 7.60. The van der Waals surface area contributed by atoms with Gasteiger partial charge in [0.1, 0.15) is 5.60 Å². The van der Waals surface area contributed by atoms with Crippen molar-refractivity contribution in [2.75, 3.05) is 5.32 Å². The van der Waals surface area contributed by atoms with Crippen LogP contribution in [0, 0.1) is 0 Å². The highest BCUT2D eigenvalue weighted by molar-refractivity contribution is 7.11. The minimum absolute atomic E-state index is 0.216. The molecule has 0 saturated heterocycles. The van der Waals surface area contributed by atoms with Gasteiger partial charge >= 0.3 is 6.09 Å². The summed E-state index contributed by atoms with van der Waals surface area (Å²) < 4.78 is 5.31. The molecule has 1 heterocycles. The zero-order valence-electron chi connectivity index (χ0n) is 12.6. The summed E-state index contributed by atoms with van der Waals surface area (Å²) in [6.07, 6.45) is 0.767. The Hall–Kier alpha value is -1.03. The maximum atomic E-state index is 11.9. The molecule has 0 aromatic carbocycles. The fourth-order valence-corrected chi connectivity index (χ4v) is 4.11. The van der Waals surface area contributed by atoms with Crippen LogP contribution in [0.2, 0.25) is 0 Å². The Bertz CT molecular complexity index is 497. The predicted octanol–water partition coefficient (Wildman–Crippen LogP) is 4.88. The number of amides is 1. The van der Waals surface area contributed by atoms with Gasteiger partial charge in [0, 0.05) is 10.3 Å². The summed E-state index contributed by atoms with van der Waals surface area (Å²) in [6, 6.07) is 0. The molecule has 4 heteroatoms. The van der Waals surface area contributed by atoms with Gasteiger partial charge < -0.3 is 4.74 Å². The first-order chi connectivity index (χ1) is 8.60. The number of carbonyl (C=O) groups excluding carboxylic acids is 1. The molecule has 1 aromatic heterocycles. The fraction of sp³-hybridized carbons (Fsp3) is 0.667. The Morgan fingerprint density at radius 3 is 2.68 bits per heavy atom. The lowest BCUT2D eigenvalue weighted by Gasteiger charge is -2.20. The number of ether oxygens (including phenoxy) is 1. The summed E-state index contributed by atoms with van der Waals surface area (Å²) in [5, 5.41) is 4.93. The minimum Gasteiger partial charge on any atom is -0.444 e. The van der Waals surface area contributed by atoms with Crippen molar-refractivity contribution in [2.45, 2.75) is 64.9 Å². The second kappa shape index (κ2) is 4.51. The molecule has 1 unspecified atom stereocenters. The SMILES string of the molecule is CC1CC(C)(C)c2scc(NC(=O)OC(C)(C)C)c21. The normalized spacial score (nSPS) is 21.1. The molecule has 0 radical (unpaired) electrons. The minimum atomic E-state index is -0.464. The molecule has 1 aliphatic carbocycles. The van der Waals surface area contributed by atoms with Crippen LogP contribution in [-0.4, -0.2) is 11.7 Å². The quantitative estimate of drug-likeness (QED) is 0.796. The zero-order valence-corrected chi connectivity index (χ0v) is 13.4. The number of nitrogens with one attached hydrogen (secondary N) is 1. The Balaban J connectivity index is 2.19. The fourth-order valence-electron chi connectivity index (χ4n) is 2.85. The molecule has 2 rings (SSSR count). The van der Waals surface area contributed by atoms with Gasteiger partial charge in [0.15, 0.2) is 0 Å². The van der Waals surface area contributed by atoms with Crippen molar-refractivity contribution in [3.8, 4) is 0 Å². The van der Waals surface area contributed by atoms with Gasteiger partial charge in [0.2, 0.25) is 0 Å². The van der Waals surface area contributed by atoms with Crippen LogP contribution in [-0.2, 0) is 10.2 Å². The Morgan fingerprint density at radius 2 is 2.11 bits per heavy atom. The van der Waals surface area contributed by atoms with Gasteiger partial charge in [0.05, 0.1) is 5.69 Å². The van der Waals surface area contributed by atoms with Crippen molar-refractivity contribution in [1.82, 2.24) is 0 Å². The molecular weight excluding hydrogens is 258 g/mol. The van der Waals surface area contributed by atoms with E-state index in [1.54, 1.807) is 11.3 Å². The van der Waals surface area contributed by atoms with Gasteiger partial charge in [-0.3, -0.25) is 5.32 Å². The number of thiophene rings is 1. The number of hydrogen-bond acceptors (Lipinski definition) is 3. The summed E-state index contributed by atoms with van der Waals surface area (Å²) >= 11 is 1.74. The maximum Gasteiger partial charge on any atom is 0.412 e. The number of hydrogen-bond donors (Lipinski definition) is 1. The van der Waals surface area contributed by atoms with E-state index in [-0.39, 0.29) is 11.5 Å². The van der Waals surface area contributed by atoms with E-state index in [9.17, 15) is 4.79 Å². The van der Waals surface area contributed by atoms with E-state index in [1.807, 2.05) is 26.2 Å². The van der Waals surface area contributed by atoms with Crippen LogP contribution in [0.15, 0.2) is 5.38 Å². The molecular formula is C15H23NO2S. The van der Waals surface area contributed by atoms with Crippen LogP contribution < -0.4 is 5.32 Å². The molecule has 3 nitrogen and oxygen atoms in total. The number of fused-ring (bicyclic) bond motifs is 1. The molecule has 1 amide bonds. The molecule has 1 aromatic rings. The number of carbonyl (C=O) groups is 1. The smallest absolute Gasteiger partial charge is 0.412 e. The molecule has 1 N–H and O–H groups in total. The van der Waals surface area contributed by atoms with Crippen LogP contribution in [0.3, 0.4) is 0 Å². The third-order valence-corrected chi connectivity index (χ3v) is 4.75. The topological polar surface area (TPSA) is 38.3 Å². The van der Waals surface area contributed by atoms with E-state index in [0.717, 1.165) is 12.1 Å². The van der Waals surface area contributed by atoms with E-state index >= 15 is 0 Å². The molecule has 1 aliphatic rings. The second-order valence-corrected chi connectivity index (χ2v) is 7.89. The highest BCUT2D eigenvalue weighted by atomic mass is 32.1. The van der Waals surface area contributed by atoms with Crippen molar-refractivity contribution < 1.29 is 9.53 Å². The van der Waals surface area contributed by atoms with Gasteiger partial charge in [-0.15, -0.1) is 11.3 Å². The van der Waals surface area contributed by atoms with E-state index in [1.165, 1.54) is 10.4 Å². The third-order valence-electron chi connectivity index (χ3n) is 3.39. The molecule has 0 fully saturated rings. The van der Waals surface area contributed by atoms with E-state index in [4.69, 9.17) is 4.74 Å². The summed E-state index contributed by atoms with van der Waals surface area (Å²) in [5.41, 5.74) is 1.97. The van der Waals surface area contributed by atoms with Gasteiger partial charge in [-0.1, -0.05) is 20.8 Å². The van der Waals surface area contributed by atoms with Crippen LogP contribution in [0.4, 0.5) is 10.5 Å². The molecule has 0 saturated carbocycles. The highest BCUT2D eigenvalue weighted by Crippen LogP contribution is 2.51. The van der Waals surface area contributed by atoms with E-state index in [0.29, 0.717) is 5.92 Å². The molecule has 0 aliphatic heterocycles. The standard InChI is InChI=1S/C15H23NO2S/c1-9-7-15(5,6)12-11(9)10(8-19-12)16-13(17)18-14(2,3)4/h8-9H,7H2,1-6H3,(H,16,17). The Labute approximate surface area is 119 Å². The summed E-state index contributed by atoms with van der Waals surface area (Å²) in [6.45, 7) is 12.4. The van der Waals surface area contributed by atoms with Crippen LogP contribution in [0.1, 0.15) is 64.3 Å². The van der Waals surface area contributed by atoms with E-state index in [2.05, 4.69) is 26.1 Å².